The Kier molecular flexibility index (Phi) is 5.88. The van der Waals surface area contributed by atoms with Crippen molar-refractivity contribution in [2.75, 3.05) is 0 Å². The van der Waals surface area contributed by atoms with Crippen LogP contribution in [0.2, 0.25) is 0 Å². The minimum absolute atomic E-state index is 0.413. The zero-order valence-corrected chi connectivity index (χ0v) is 16.1. The van der Waals surface area contributed by atoms with Gasteiger partial charge in [-0.15, -0.1) is 0 Å². The Morgan fingerprint density at radius 3 is 2.11 bits per heavy atom. The van der Waals surface area contributed by atoms with Crippen molar-refractivity contribution < 1.29 is 19.3 Å². The average Bonchev–Trinajstić information content (AvgIpc) is 3.36. The topological polar surface area (TPSA) is 88.2 Å². The fourth-order valence-corrected chi connectivity index (χ4v) is 2.93. The van der Waals surface area contributed by atoms with Crippen LogP contribution in [-0.4, -0.2) is 31.4 Å². The van der Waals surface area contributed by atoms with Crippen LogP contribution in [0.15, 0.2) is 43.5 Å². The smallest absolute Gasteiger partial charge is 0.330 e. The molecule has 0 saturated heterocycles. The molecule has 3 rings (SSSR count). The van der Waals surface area contributed by atoms with Crippen LogP contribution in [0.25, 0.3) is 0 Å². The van der Waals surface area contributed by atoms with Gasteiger partial charge in [0, 0.05) is 12.4 Å². The maximum atomic E-state index is 12.8. The first-order valence-electron chi connectivity index (χ1n) is 9.05. The van der Waals surface area contributed by atoms with Crippen molar-refractivity contribution in [2.24, 2.45) is 0 Å². The van der Waals surface area contributed by atoms with E-state index < -0.39 is 11.9 Å². The van der Waals surface area contributed by atoms with E-state index in [9.17, 15) is 9.59 Å². The van der Waals surface area contributed by atoms with Crippen molar-refractivity contribution in [2.45, 2.75) is 40.0 Å². The van der Waals surface area contributed by atoms with E-state index in [1.807, 2.05) is 6.92 Å². The summed E-state index contributed by atoms with van der Waals surface area (Å²) in [5, 5.41) is 0. The summed E-state index contributed by atoms with van der Waals surface area (Å²) in [6, 6.07) is 1.72. The maximum Gasteiger partial charge on any atom is 0.364 e. The molecule has 0 aliphatic carbocycles. The lowest BCUT2D eigenvalue weighted by molar-refractivity contribution is 0.0443. The zero-order chi connectivity index (χ0) is 20.1. The van der Waals surface area contributed by atoms with Crippen molar-refractivity contribution in [1.29, 1.82) is 0 Å². The van der Waals surface area contributed by atoms with Crippen molar-refractivity contribution in [1.82, 2.24) is 19.4 Å². The Labute approximate surface area is 162 Å². The molecule has 0 aliphatic rings. The monoisotopic (exact) mass is 382 g/mol. The Balaban J connectivity index is 1.98. The van der Waals surface area contributed by atoms with Crippen LogP contribution in [0.5, 0.6) is 0 Å². The molecule has 0 atom stereocenters. The van der Waals surface area contributed by atoms with Gasteiger partial charge in [0.1, 0.15) is 12.7 Å². The molecule has 0 saturated carbocycles. The van der Waals surface area contributed by atoms with Crippen LogP contribution in [0.1, 0.15) is 57.2 Å². The Bertz CT molecular complexity index is 963. The van der Waals surface area contributed by atoms with E-state index in [1.165, 1.54) is 40.7 Å². The summed E-state index contributed by atoms with van der Waals surface area (Å²) in [7, 11) is 0. The maximum absolute atomic E-state index is 12.8. The number of carbonyl (C=O) groups is 2. The highest BCUT2D eigenvalue weighted by Gasteiger charge is 2.24. The normalized spacial score (nSPS) is 10.7. The Hall–Kier alpha value is -3.42. The van der Waals surface area contributed by atoms with Gasteiger partial charge in [-0.05, 0) is 49.4 Å². The van der Waals surface area contributed by atoms with Crippen LogP contribution in [0.3, 0.4) is 0 Å². The van der Waals surface area contributed by atoms with E-state index in [1.54, 1.807) is 19.2 Å². The van der Waals surface area contributed by atoms with Gasteiger partial charge in [0.15, 0.2) is 0 Å². The van der Waals surface area contributed by atoms with E-state index in [-0.39, 0.29) is 0 Å². The first-order valence-corrected chi connectivity index (χ1v) is 9.05. The van der Waals surface area contributed by atoms with Crippen LogP contribution < -0.4 is 9.68 Å². The molecule has 1 aromatic carbocycles. The van der Waals surface area contributed by atoms with Gasteiger partial charge in [-0.3, -0.25) is 0 Å². The van der Waals surface area contributed by atoms with Gasteiger partial charge in [-0.25, -0.2) is 19.6 Å². The third kappa shape index (κ3) is 4.11. The number of carbonyl (C=O) groups excluding carboxylic acids is 2. The summed E-state index contributed by atoms with van der Waals surface area (Å²) >= 11 is 0. The van der Waals surface area contributed by atoms with E-state index in [2.05, 4.69) is 16.9 Å². The summed E-state index contributed by atoms with van der Waals surface area (Å²) in [5.41, 5.74) is 3.00. The zero-order valence-electron chi connectivity index (χ0n) is 16.1. The molecular formula is C20H22N4O4. The van der Waals surface area contributed by atoms with Gasteiger partial charge < -0.3 is 9.68 Å². The molecule has 0 radical (unpaired) electrons. The molecule has 0 unspecified atom stereocenters. The van der Waals surface area contributed by atoms with Crippen LogP contribution in [-0.2, 0) is 6.42 Å². The molecule has 0 fully saturated rings. The Morgan fingerprint density at radius 1 is 0.964 bits per heavy atom. The van der Waals surface area contributed by atoms with Crippen molar-refractivity contribution in [3.63, 3.8) is 0 Å². The molecule has 0 aliphatic heterocycles. The van der Waals surface area contributed by atoms with E-state index >= 15 is 0 Å². The molecule has 28 heavy (non-hydrogen) atoms. The highest BCUT2D eigenvalue weighted by Crippen LogP contribution is 2.25. The van der Waals surface area contributed by atoms with Gasteiger partial charge in [0.05, 0.1) is 23.5 Å². The Morgan fingerprint density at radius 2 is 1.57 bits per heavy atom. The highest BCUT2D eigenvalue weighted by molar-refractivity contribution is 5.98. The van der Waals surface area contributed by atoms with Crippen molar-refractivity contribution in [3.8, 4) is 0 Å². The molecule has 2 aromatic heterocycles. The molecule has 3 aromatic rings. The number of aromatic nitrogens is 4. The van der Waals surface area contributed by atoms with Crippen molar-refractivity contribution in [3.05, 3.63) is 71.3 Å². The van der Waals surface area contributed by atoms with Gasteiger partial charge in [0.25, 0.3) is 0 Å². The van der Waals surface area contributed by atoms with Crippen LogP contribution in [0.4, 0.5) is 0 Å². The number of unbranched alkanes of at least 4 members (excludes halogenated alkanes) is 1. The lowest BCUT2D eigenvalue weighted by Gasteiger charge is -2.17. The van der Waals surface area contributed by atoms with Gasteiger partial charge in [-0.1, -0.05) is 13.3 Å². The van der Waals surface area contributed by atoms with E-state index in [4.69, 9.17) is 9.68 Å². The first-order chi connectivity index (χ1) is 13.5. The fourth-order valence-electron chi connectivity index (χ4n) is 2.93. The highest BCUT2D eigenvalue weighted by atomic mass is 16.7. The summed E-state index contributed by atoms with van der Waals surface area (Å²) in [5.74, 6) is -0.995. The third-order valence-corrected chi connectivity index (χ3v) is 4.54. The second-order valence-electron chi connectivity index (χ2n) is 6.41. The molecule has 0 spiro atoms. The number of imidazole rings is 2. The minimum Gasteiger partial charge on any atom is -0.330 e. The average molecular weight is 382 g/mol. The van der Waals surface area contributed by atoms with Crippen molar-refractivity contribution >= 4 is 11.9 Å². The number of hydrogen-bond donors (Lipinski definition) is 0. The minimum atomic E-state index is -0.508. The number of benzene rings is 1. The molecular weight excluding hydrogens is 360 g/mol. The fraction of sp³-hybridized carbons (Fsp3) is 0.300. The predicted octanol–water partition coefficient (Wildman–Crippen LogP) is 2.58. The largest absolute Gasteiger partial charge is 0.364 e. The molecule has 8 nitrogen and oxygen atoms in total. The number of rotatable bonds is 7. The number of aryl methyl sites for hydroxylation is 1. The summed E-state index contributed by atoms with van der Waals surface area (Å²) in [6.45, 7) is 5.67. The van der Waals surface area contributed by atoms with Crippen LogP contribution in [0, 0.1) is 13.8 Å². The van der Waals surface area contributed by atoms with Gasteiger partial charge in [0.2, 0.25) is 0 Å². The lowest BCUT2D eigenvalue weighted by atomic mass is 9.90. The molecule has 0 bridgehead atoms. The second-order valence-corrected chi connectivity index (χ2v) is 6.41. The SMILES string of the molecule is CCCCc1cc(C(=O)On2ccnc2)c(C)c(C)c1C(=O)On1ccnc1. The quantitative estimate of drug-likeness (QED) is 0.624. The van der Waals surface area contributed by atoms with E-state index in [0.29, 0.717) is 28.7 Å². The van der Waals surface area contributed by atoms with Gasteiger partial charge in [-0.2, -0.15) is 9.46 Å². The predicted molar refractivity (Wildman–Crippen MR) is 101 cm³/mol. The summed E-state index contributed by atoms with van der Waals surface area (Å²) in [6.07, 6.45) is 11.4. The molecule has 8 heteroatoms. The lowest BCUT2D eigenvalue weighted by Crippen LogP contribution is -2.24. The summed E-state index contributed by atoms with van der Waals surface area (Å²) < 4.78 is 2.49. The third-order valence-electron chi connectivity index (χ3n) is 4.54. The first kappa shape index (κ1) is 19.3. The second kappa shape index (κ2) is 8.51. The molecule has 2 heterocycles. The van der Waals surface area contributed by atoms with Gasteiger partial charge >= 0.3 is 11.9 Å². The molecule has 0 N–H and O–H groups in total. The number of hydrogen-bond acceptors (Lipinski definition) is 6. The summed E-state index contributed by atoms with van der Waals surface area (Å²) in [4.78, 5) is 43.9. The standard InChI is InChI=1S/C20H22N4O4/c1-4-5-6-16-11-17(19(25)27-23-9-7-21-12-23)14(2)15(3)18(16)20(26)28-24-10-8-22-13-24/h7-13H,4-6H2,1-3H3. The van der Waals surface area contributed by atoms with Crippen LogP contribution >= 0.6 is 0 Å². The molecule has 146 valence electrons. The number of nitrogens with zero attached hydrogens (tertiary/aromatic N) is 4. The molecule has 0 amide bonds. The van der Waals surface area contributed by atoms with E-state index in [0.717, 1.165) is 18.4 Å².